The average Bonchev–Trinajstić information content (AvgIpc) is 3.13. The quantitative estimate of drug-likeness (QED) is 0.615. The number of benzene rings is 2. The molecule has 128 valence electrons. The van der Waals surface area contributed by atoms with E-state index >= 15 is 0 Å². The van der Waals surface area contributed by atoms with Gasteiger partial charge in [-0.25, -0.2) is 9.50 Å². The van der Waals surface area contributed by atoms with Crippen molar-refractivity contribution < 1.29 is 0 Å². The summed E-state index contributed by atoms with van der Waals surface area (Å²) in [7, 11) is 0. The molecule has 1 fully saturated rings. The van der Waals surface area contributed by atoms with Crippen molar-refractivity contribution in [1.29, 1.82) is 0 Å². The number of rotatable bonds is 3. The van der Waals surface area contributed by atoms with Crippen LogP contribution in [0.4, 0.5) is 0 Å². The Morgan fingerprint density at radius 2 is 1.69 bits per heavy atom. The van der Waals surface area contributed by atoms with Crippen LogP contribution in [0.3, 0.4) is 0 Å². The fraction of sp³-hybridized carbons (Fsp3) is 0.190. The predicted molar refractivity (Wildman–Crippen MR) is 101 cm³/mol. The van der Waals surface area contributed by atoms with E-state index in [1.165, 1.54) is 18.3 Å². The van der Waals surface area contributed by atoms with Gasteiger partial charge in [-0.2, -0.15) is 10.1 Å². The highest BCUT2D eigenvalue weighted by Crippen LogP contribution is 2.39. The van der Waals surface area contributed by atoms with Gasteiger partial charge in [0.15, 0.2) is 0 Å². The normalized spacial score (nSPS) is 15.7. The average molecular weight is 341 g/mol. The van der Waals surface area contributed by atoms with Gasteiger partial charge in [0.1, 0.15) is 6.33 Å². The summed E-state index contributed by atoms with van der Waals surface area (Å²) in [6.45, 7) is 0. The summed E-state index contributed by atoms with van der Waals surface area (Å²) in [5, 5.41) is 4.23. The van der Waals surface area contributed by atoms with Crippen LogP contribution in [0.5, 0.6) is 0 Å². The highest BCUT2D eigenvalue weighted by molar-refractivity contribution is 5.81. The summed E-state index contributed by atoms with van der Waals surface area (Å²) in [5.74, 6) is 0.595. The maximum absolute atomic E-state index is 6.46. The Morgan fingerprint density at radius 3 is 2.38 bits per heavy atom. The number of nitrogens with two attached hydrogens (primary N) is 1. The molecule has 2 aromatic heterocycles. The van der Waals surface area contributed by atoms with Crippen LogP contribution in [0.25, 0.3) is 28.2 Å². The number of nitrogens with zero attached hydrogens (tertiary/aromatic N) is 4. The van der Waals surface area contributed by atoms with Gasteiger partial charge < -0.3 is 5.73 Å². The van der Waals surface area contributed by atoms with E-state index in [0.29, 0.717) is 5.78 Å². The van der Waals surface area contributed by atoms with E-state index in [1.54, 1.807) is 4.52 Å². The van der Waals surface area contributed by atoms with Crippen molar-refractivity contribution in [3.63, 3.8) is 0 Å². The van der Waals surface area contributed by atoms with Gasteiger partial charge in [0, 0.05) is 22.9 Å². The molecule has 0 saturated heterocycles. The summed E-state index contributed by atoms with van der Waals surface area (Å²) in [6.07, 6.45) is 6.85. The first-order valence-corrected chi connectivity index (χ1v) is 8.89. The number of hydrogen-bond acceptors (Lipinski definition) is 4. The SMILES string of the molecule is NC1(c2ccc(-c3nc4ncnn4cc3-c3ccccc3)cc2)CCC1. The second kappa shape index (κ2) is 5.75. The van der Waals surface area contributed by atoms with Crippen LogP contribution in [0.1, 0.15) is 24.8 Å². The molecule has 1 saturated carbocycles. The van der Waals surface area contributed by atoms with Crippen LogP contribution in [-0.4, -0.2) is 19.6 Å². The van der Waals surface area contributed by atoms with Crippen molar-refractivity contribution in [3.8, 4) is 22.4 Å². The van der Waals surface area contributed by atoms with Crippen LogP contribution in [0, 0.1) is 0 Å². The molecule has 0 aliphatic heterocycles. The van der Waals surface area contributed by atoms with E-state index in [1.807, 2.05) is 24.4 Å². The van der Waals surface area contributed by atoms with Gasteiger partial charge in [0.05, 0.1) is 5.69 Å². The zero-order valence-electron chi connectivity index (χ0n) is 14.3. The first-order valence-electron chi connectivity index (χ1n) is 8.89. The Hall–Kier alpha value is -3.05. The molecule has 2 N–H and O–H groups in total. The van der Waals surface area contributed by atoms with Crippen LogP contribution in [0.2, 0.25) is 0 Å². The van der Waals surface area contributed by atoms with Crippen molar-refractivity contribution in [2.45, 2.75) is 24.8 Å². The lowest BCUT2D eigenvalue weighted by Crippen LogP contribution is -2.43. The molecule has 0 unspecified atom stereocenters. The van der Waals surface area contributed by atoms with Crippen molar-refractivity contribution in [2.24, 2.45) is 5.73 Å². The lowest BCUT2D eigenvalue weighted by Gasteiger charge is -2.38. The molecular formula is C21H19N5. The fourth-order valence-corrected chi connectivity index (χ4v) is 3.61. The summed E-state index contributed by atoms with van der Waals surface area (Å²) in [4.78, 5) is 9.01. The molecular weight excluding hydrogens is 322 g/mol. The molecule has 1 aliphatic rings. The second-order valence-corrected chi connectivity index (χ2v) is 6.96. The van der Waals surface area contributed by atoms with Crippen LogP contribution in [-0.2, 0) is 5.54 Å². The van der Waals surface area contributed by atoms with E-state index in [-0.39, 0.29) is 5.54 Å². The topological polar surface area (TPSA) is 69.1 Å². The third kappa shape index (κ3) is 2.40. The summed E-state index contributed by atoms with van der Waals surface area (Å²) >= 11 is 0. The number of hydrogen-bond donors (Lipinski definition) is 1. The zero-order valence-corrected chi connectivity index (χ0v) is 14.3. The molecule has 0 spiro atoms. The maximum Gasteiger partial charge on any atom is 0.252 e. The van der Waals surface area contributed by atoms with Gasteiger partial charge in [-0.3, -0.25) is 0 Å². The highest BCUT2D eigenvalue weighted by Gasteiger charge is 2.34. The minimum Gasteiger partial charge on any atom is -0.321 e. The molecule has 2 aromatic carbocycles. The van der Waals surface area contributed by atoms with Gasteiger partial charge in [0.25, 0.3) is 5.78 Å². The maximum atomic E-state index is 6.46. The van der Waals surface area contributed by atoms with E-state index in [0.717, 1.165) is 35.2 Å². The lowest BCUT2D eigenvalue weighted by molar-refractivity contribution is 0.253. The van der Waals surface area contributed by atoms with Gasteiger partial charge in [0.2, 0.25) is 0 Å². The molecule has 0 bridgehead atoms. The molecule has 5 rings (SSSR count). The third-order valence-electron chi connectivity index (χ3n) is 5.34. The molecule has 5 nitrogen and oxygen atoms in total. The molecule has 4 aromatic rings. The molecule has 0 amide bonds. The molecule has 5 heteroatoms. The predicted octanol–water partition coefficient (Wildman–Crippen LogP) is 3.80. The standard InChI is InChI=1S/C21H19N5/c22-21(11-4-12-21)17-9-7-16(8-10-17)19-18(15-5-2-1-3-6-15)13-26-20(25-19)23-14-24-26/h1-3,5-10,13-14H,4,11-12,22H2. The molecule has 0 radical (unpaired) electrons. The summed E-state index contributed by atoms with van der Waals surface area (Å²) in [6, 6.07) is 18.7. The first kappa shape index (κ1) is 15.2. The van der Waals surface area contributed by atoms with E-state index in [9.17, 15) is 0 Å². The molecule has 1 aliphatic carbocycles. The lowest BCUT2D eigenvalue weighted by atomic mass is 9.72. The minimum atomic E-state index is -0.148. The Bertz CT molecular complexity index is 1060. The van der Waals surface area contributed by atoms with Crippen LogP contribution >= 0.6 is 0 Å². The fourth-order valence-electron chi connectivity index (χ4n) is 3.61. The zero-order chi connectivity index (χ0) is 17.6. The van der Waals surface area contributed by atoms with Crippen LogP contribution in [0.15, 0.2) is 67.1 Å². The van der Waals surface area contributed by atoms with Crippen molar-refractivity contribution in [3.05, 3.63) is 72.7 Å². The van der Waals surface area contributed by atoms with Gasteiger partial charge in [-0.1, -0.05) is 54.6 Å². The summed E-state index contributed by atoms with van der Waals surface area (Å²) in [5.41, 5.74) is 11.6. The largest absolute Gasteiger partial charge is 0.321 e. The van der Waals surface area contributed by atoms with Crippen LogP contribution < -0.4 is 5.73 Å². The van der Waals surface area contributed by atoms with Gasteiger partial charge >= 0.3 is 0 Å². The van der Waals surface area contributed by atoms with Crippen molar-refractivity contribution in [1.82, 2.24) is 19.6 Å². The highest BCUT2D eigenvalue weighted by atomic mass is 15.3. The Labute approximate surface area is 151 Å². The minimum absolute atomic E-state index is 0.148. The number of fused-ring (bicyclic) bond motifs is 1. The van der Waals surface area contributed by atoms with E-state index in [2.05, 4.69) is 46.5 Å². The monoisotopic (exact) mass is 341 g/mol. The van der Waals surface area contributed by atoms with Crippen molar-refractivity contribution in [2.75, 3.05) is 0 Å². The van der Waals surface area contributed by atoms with E-state index < -0.39 is 0 Å². The molecule has 26 heavy (non-hydrogen) atoms. The summed E-state index contributed by atoms with van der Waals surface area (Å²) < 4.78 is 1.71. The molecule has 0 atom stereocenters. The van der Waals surface area contributed by atoms with Gasteiger partial charge in [-0.05, 0) is 30.4 Å². The van der Waals surface area contributed by atoms with Gasteiger partial charge in [-0.15, -0.1) is 0 Å². The Morgan fingerprint density at radius 1 is 0.923 bits per heavy atom. The Kier molecular flexibility index (Phi) is 3.36. The second-order valence-electron chi connectivity index (χ2n) is 6.96. The van der Waals surface area contributed by atoms with E-state index in [4.69, 9.17) is 10.7 Å². The van der Waals surface area contributed by atoms with Crippen molar-refractivity contribution >= 4 is 5.78 Å². The first-order chi connectivity index (χ1) is 12.7. The number of aromatic nitrogens is 4. The third-order valence-corrected chi connectivity index (χ3v) is 5.34. The Balaban J connectivity index is 1.65. The smallest absolute Gasteiger partial charge is 0.252 e. The molecule has 2 heterocycles.